The number of piperazine rings is 1. The molecule has 36 heavy (non-hydrogen) atoms. The predicted molar refractivity (Wildman–Crippen MR) is 140 cm³/mol. The predicted octanol–water partition coefficient (Wildman–Crippen LogP) is 3.83. The summed E-state index contributed by atoms with van der Waals surface area (Å²) in [5.74, 6) is 0.491. The maximum Gasteiger partial charge on any atom is 0.269 e. The molecule has 8 nitrogen and oxygen atoms in total. The number of nitro groups is 1. The fourth-order valence-corrected chi connectivity index (χ4v) is 5.35. The Kier molecular flexibility index (Phi) is 6.75. The highest BCUT2D eigenvalue weighted by molar-refractivity contribution is 5.82. The Labute approximate surface area is 210 Å². The highest BCUT2D eigenvalue weighted by atomic mass is 16.6. The van der Waals surface area contributed by atoms with E-state index in [0.717, 1.165) is 54.3 Å². The molecule has 186 valence electrons. The zero-order valence-electron chi connectivity index (χ0n) is 20.3. The van der Waals surface area contributed by atoms with Gasteiger partial charge >= 0.3 is 0 Å². The largest absolute Gasteiger partial charge is 0.497 e. The zero-order valence-corrected chi connectivity index (χ0v) is 20.3. The van der Waals surface area contributed by atoms with Gasteiger partial charge in [-0.2, -0.15) is 0 Å². The maximum absolute atomic E-state index is 13.5. The van der Waals surface area contributed by atoms with Crippen molar-refractivity contribution in [1.82, 2.24) is 5.32 Å². The van der Waals surface area contributed by atoms with Gasteiger partial charge in [0.15, 0.2) is 0 Å². The summed E-state index contributed by atoms with van der Waals surface area (Å²) < 4.78 is 5.21. The molecule has 1 amide bonds. The Bertz CT molecular complexity index is 1230. The topological polar surface area (TPSA) is 87.9 Å². The number of para-hydroxylation sites is 1. The lowest BCUT2D eigenvalue weighted by molar-refractivity contribution is -0.384. The summed E-state index contributed by atoms with van der Waals surface area (Å²) in [5, 5.41) is 14.5. The molecule has 2 atom stereocenters. The first-order valence-electron chi connectivity index (χ1n) is 12.3. The van der Waals surface area contributed by atoms with Gasteiger partial charge in [0.2, 0.25) is 5.91 Å². The Morgan fingerprint density at radius 3 is 2.58 bits per heavy atom. The van der Waals surface area contributed by atoms with E-state index < -0.39 is 0 Å². The standard InChI is InChI=1S/C28H30N4O4/c1-36-24-10-7-20(8-11-24)13-14-29-28(33)25-18-21-17-23(32(34)35)9-12-26(21)31-16-15-30(19-27(25)31)22-5-3-2-4-6-22/h2-12,17,25,27H,13-16,18-19H2,1H3,(H,29,33). The van der Waals surface area contributed by atoms with Crippen LogP contribution < -0.4 is 19.9 Å². The first-order chi connectivity index (χ1) is 17.5. The van der Waals surface area contributed by atoms with Gasteiger partial charge in [-0.3, -0.25) is 14.9 Å². The molecule has 1 N–H and O–H groups in total. The van der Waals surface area contributed by atoms with Crippen LogP contribution in [0.2, 0.25) is 0 Å². The number of non-ortho nitro benzene ring substituents is 1. The molecule has 2 aliphatic heterocycles. The van der Waals surface area contributed by atoms with Crippen molar-refractivity contribution in [3.8, 4) is 5.75 Å². The van der Waals surface area contributed by atoms with Gasteiger partial charge < -0.3 is 19.9 Å². The highest BCUT2D eigenvalue weighted by Crippen LogP contribution is 2.38. The van der Waals surface area contributed by atoms with Crippen molar-refractivity contribution in [2.24, 2.45) is 5.92 Å². The van der Waals surface area contributed by atoms with E-state index in [1.807, 2.05) is 48.5 Å². The number of carbonyl (C=O) groups excluding carboxylic acids is 1. The quantitative estimate of drug-likeness (QED) is 0.403. The van der Waals surface area contributed by atoms with Crippen LogP contribution in [0.15, 0.2) is 72.8 Å². The summed E-state index contributed by atoms with van der Waals surface area (Å²) >= 11 is 0. The number of nitro benzene ring substituents is 1. The average Bonchev–Trinajstić information content (AvgIpc) is 2.92. The van der Waals surface area contributed by atoms with Crippen molar-refractivity contribution < 1.29 is 14.5 Å². The monoisotopic (exact) mass is 486 g/mol. The van der Waals surface area contributed by atoms with E-state index in [9.17, 15) is 14.9 Å². The maximum atomic E-state index is 13.5. The number of methoxy groups -OCH3 is 1. The van der Waals surface area contributed by atoms with Gasteiger partial charge in [0.1, 0.15) is 5.75 Å². The van der Waals surface area contributed by atoms with Crippen LogP contribution in [0, 0.1) is 16.0 Å². The fourth-order valence-electron chi connectivity index (χ4n) is 5.35. The van der Waals surface area contributed by atoms with E-state index in [4.69, 9.17) is 4.74 Å². The molecule has 1 fully saturated rings. The molecule has 3 aromatic carbocycles. The van der Waals surface area contributed by atoms with Gasteiger partial charge in [0, 0.05) is 49.7 Å². The lowest BCUT2D eigenvalue weighted by atomic mass is 9.83. The molecule has 2 unspecified atom stereocenters. The van der Waals surface area contributed by atoms with Gasteiger partial charge in [0.25, 0.3) is 5.69 Å². The molecule has 2 heterocycles. The van der Waals surface area contributed by atoms with Crippen LogP contribution in [-0.4, -0.2) is 50.2 Å². The van der Waals surface area contributed by atoms with Crippen LogP contribution in [-0.2, 0) is 17.6 Å². The lowest BCUT2D eigenvalue weighted by Crippen LogP contribution is -2.61. The van der Waals surface area contributed by atoms with Crippen LogP contribution >= 0.6 is 0 Å². The number of carbonyl (C=O) groups is 1. The van der Waals surface area contributed by atoms with Crippen molar-refractivity contribution in [2.45, 2.75) is 18.9 Å². The molecular weight excluding hydrogens is 456 g/mol. The van der Waals surface area contributed by atoms with Crippen molar-refractivity contribution >= 4 is 23.0 Å². The number of hydrogen-bond acceptors (Lipinski definition) is 6. The Hall–Kier alpha value is -4.07. The number of anilines is 2. The van der Waals surface area contributed by atoms with Crippen LogP contribution in [0.25, 0.3) is 0 Å². The normalized spacial score (nSPS) is 18.7. The van der Waals surface area contributed by atoms with E-state index in [0.29, 0.717) is 13.0 Å². The SMILES string of the molecule is COc1ccc(CCNC(=O)C2Cc3cc([N+](=O)[O-])ccc3N3CCN(c4ccccc4)CC23)cc1. The molecular formula is C28H30N4O4. The molecule has 5 rings (SSSR count). The van der Waals surface area contributed by atoms with Gasteiger partial charge in [0.05, 0.1) is 24.0 Å². The number of benzene rings is 3. The van der Waals surface area contributed by atoms with Crippen LogP contribution in [0.1, 0.15) is 11.1 Å². The van der Waals surface area contributed by atoms with Crippen molar-refractivity contribution in [2.75, 3.05) is 43.1 Å². The van der Waals surface area contributed by atoms with E-state index >= 15 is 0 Å². The van der Waals surface area contributed by atoms with Gasteiger partial charge in [-0.25, -0.2) is 0 Å². The van der Waals surface area contributed by atoms with E-state index in [-0.39, 0.29) is 28.5 Å². The van der Waals surface area contributed by atoms with Crippen molar-refractivity contribution in [3.63, 3.8) is 0 Å². The smallest absolute Gasteiger partial charge is 0.269 e. The fraction of sp³-hybridized carbons (Fsp3) is 0.321. The third-order valence-electron chi connectivity index (χ3n) is 7.24. The number of ether oxygens (including phenoxy) is 1. The van der Waals surface area contributed by atoms with Gasteiger partial charge in [-0.15, -0.1) is 0 Å². The second-order valence-electron chi connectivity index (χ2n) is 9.31. The number of amides is 1. The third-order valence-corrected chi connectivity index (χ3v) is 7.24. The second-order valence-corrected chi connectivity index (χ2v) is 9.31. The Morgan fingerprint density at radius 2 is 1.86 bits per heavy atom. The Morgan fingerprint density at radius 1 is 1.08 bits per heavy atom. The number of nitrogens with one attached hydrogen (secondary N) is 1. The molecule has 0 aliphatic carbocycles. The Balaban J connectivity index is 1.35. The van der Waals surface area contributed by atoms with Crippen LogP contribution in [0.5, 0.6) is 5.75 Å². The summed E-state index contributed by atoms with van der Waals surface area (Å²) in [6.45, 7) is 2.82. The number of fused-ring (bicyclic) bond motifs is 3. The highest BCUT2D eigenvalue weighted by Gasteiger charge is 2.42. The summed E-state index contributed by atoms with van der Waals surface area (Å²) in [6.07, 6.45) is 1.20. The van der Waals surface area contributed by atoms with E-state index in [1.54, 1.807) is 19.2 Å². The first kappa shape index (κ1) is 23.7. The molecule has 1 saturated heterocycles. The van der Waals surface area contributed by atoms with E-state index in [2.05, 4.69) is 27.2 Å². The zero-order chi connectivity index (χ0) is 25.1. The third kappa shape index (κ3) is 4.84. The number of hydrogen-bond donors (Lipinski definition) is 1. The molecule has 0 bridgehead atoms. The molecule has 0 spiro atoms. The molecule has 2 aliphatic rings. The van der Waals surface area contributed by atoms with Gasteiger partial charge in [-0.1, -0.05) is 30.3 Å². The van der Waals surface area contributed by atoms with Crippen molar-refractivity contribution in [1.29, 1.82) is 0 Å². The second kappa shape index (κ2) is 10.3. The van der Waals surface area contributed by atoms with Crippen molar-refractivity contribution in [3.05, 3.63) is 94.0 Å². The summed E-state index contributed by atoms with van der Waals surface area (Å²) in [4.78, 5) is 29.1. The van der Waals surface area contributed by atoms with Crippen LogP contribution in [0.3, 0.4) is 0 Å². The number of nitrogens with zero attached hydrogens (tertiary/aromatic N) is 3. The molecule has 0 radical (unpaired) electrons. The van der Waals surface area contributed by atoms with Crippen LogP contribution in [0.4, 0.5) is 17.1 Å². The minimum absolute atomic E-state index is 0.00872. The van der Waals surface area contributed by atoms with E-state index in [1.165, 1.54) is 0 Å². The number of rotatable bonds is 7. The minimum atomic E-state index is -0.371. The summed E-state index contributed by atoms with van der Waals surface area (Å²) in [5.41, 5.74) is 4.19. The lowest BCUT2D eigenvalue weighted by Gasteiger charge is -2.49. The molecule has 3 aromatic rings. The summed E-state index contributed by atoms with van der Waals surface area (Å²) in [6, 6.07) is 23.1. The van der Waals surface area contributed by atoms with Gasteiger partial charge in [-0.05, 0) is 54.3 Å². The molecule has 8 heteroatoms. The summed E-state index contributed by atoms with van der Waals surface area (Å²) in [7, 11) is 1.64. The molecule has 0 saturated carbocycles. The molecule has 0 aromatic heterocycles. The average molecular weight is 487 g/mol. The minimum Gasteiger partial charge on any atom is -0.497 e. The first-order valence-corrected chi connectivity index (χ1v) is 12.3.